The Morgan fingerprint density at radius 2 is 1.04 bits per heavy atom. The van der Waals surface area contributed by atoms with Crippen molar-refractivity contribution in [3.05, 3.63) is 70.3 Å². The Labute approximate surface area is 152 Å². The first kappa shape index (κ1) is 21.3. The third-order valence-electron chi connectivity index (χ3n) is 3.65. The van der Waals surface area contributed by atoms with Crippen molar-refractivity contribution in [1.29, 1.82) is 0 Å². The number of carbonyl (C=O) groups excluding carboxylic acids is 2. The van der Waals surface area contributed by atoms with Gasteiger partial charge >= 0.3 is 12.4 Å². The second-order valence-corrected chi connectivity index (χ2v) is 5.55. The van der Waals surface area contributed by atoms with Crippen LogP contribution >= 0.6 is 0 Å². The third kappa shape index (κ3) is 4.29. The summed E-state index contributed by atoms with van der Waals surface area (Å²) in [6, 6.07) is 2.40. The van der Waals surface area contributed by atoms with Gasteiger partial charge in [0, 0.05) is 18.2 Å². The van der Waals surface area contributed by atoms with Crippen LogP contribution in [0.5, 0.6) is 0 Å². The van der Waals surface area contributed by atoms with Crippen LogP contribution in [0.15, 0.2) is 36.4 Å². The summed E-state index contributed by atoms with van der Waals surface area (Å²) < 4.78 is 102. The van der Waals surface area contributed by atoms with E-state index in [-0.39, 0.29) is 12.1 Å². The van der Waals surface area contributed by atoms with Crippen molar-refractivity contribution in [3.63, 3.8) is 0 Å². The van der Waals surface area contributed by atoms with Crippen molar-refractivity contribution < 1.29 is 44.7 Å². The molecule has 0 aliphatic heterocycles. The molecule has 0 radical (unpaired) electrons. The van der Waals surface area contributed by atoms with Crippen molar-refractivity contribution in [2.45, 2.75) is 12.4 Å². The summed E-state index contributed by atoms with van der Waals surface area (Å²) in [5.74, 6) is -5.98. The maximum atomic E-state index is 13.6. The van der Waals surface area contributed by atoms with E-state index in [1.165, 1.54) is 0 Å². The molecule has 2 aromatic carbocycles. The molecular formula is C17H9F8NO2. The van der Waals surface area contributed by atoms with Crippen molar-refractivity contribution >= 4 is 11.8 Å². The molecule has 2 aromatic rings. The molecule has 3 nitrogen and oxygen atoms in total. The zero-order valence-electron chi connectivity index (χ0n) is 13.8. The van der Waals surface area contributed by atoms with Gasteiger partial charge in [0.1, 0.15) is 11.6 Å². The first-order chi connectivity index (χ1) is 12.7. The normalized spacial score (nSPS) is 12.0. The molecule has 0 atom stereocenters. The number of alkyl halides is 6. The Kier molecular flexibility index (Phi) is 5.49. The first-order valence-electron chi connectivity index (χ1n) is 7.29. The van der Waals surface area contributed by atoms with E-state index < -0.39 is 58.1 Å². The fourth-order valence-corrected chi connectivity index (χ4v) is 2.24. The van der Waals surface area contributed by atoms with E-state index >= 15 is 0 Å². The number of halogens is 8. The van der Waals surface area contributed by atoms with Gasteiger partial charge in [-0.3, -0.25) is 14.5 Å². The van der Waals surface area contributed by atoms with Crippen LogP contribution in [0.4, 0.5) is 35.1 Å². The van der Waals surface area contributed by atoms with E-state index in [4.69, 9.17) is 0 Å². The SMILES string of the molecule is CN(C(=O)c1ccc(C(F)(F)F)c(F)c1)C(=O)c1ccc(C(F)(F)F)c(F)c1. The number of benzene rings is 2. The molecule has 28 heavy (non-hydrogen) atoms. The minimum absolute atomic E-state index is 0.266. The molecule has 0 aliphatic rings. The van der Waals surface area contributed by atoms with Gasteiger partial charge in [-0.25, -0.2) is 8.78 Å². The standard InChI is InChI=1S/C17H9F8NO2/c1-26(14(27)8-2-4-10(12(18)6-8)16(20,21)22)15(28)9-3-5-11(13(19)7-9)17(23,24)25/h2-7H,1H3. The van der Waals surface area contributed by atoms with Gasteiger partial charge in [-0.05, 0) is 36.4 Å². The average molecular weight is 411 g/mol. The molecule has 0 fully saturated rings. The van der Waals surface area contributed by atoms with Crippen LogP contribution in [-0.2, 0) is 12.4 Å². The van der Waals surface area contributed by atoms with Crippen molar-refractivity contribution in [2.75, 3.05) is 7.05 Å². The van der Waals surface area contributed by atoms with Crippen LogP contribution in [0.2, 0.25) is 0 Å². The van der Waals surface area contributed by atoms with E-state index in [0.717, 1.165) is 7.05 Å². The summed E-state index contributed by atoms with van der Waals surface area (Å²) in [4.78, 5) is 24.6. The molecule has 2 amide bonds. The van der Waals surface area contributed by atoms with Crippen molar-refractivity contribution in [3.8, 4) is 0 Å². The minimum Gasteiger partial charge on any atom is -0.278 e. The van der Waals surface area contributed by atoms with Gasteiger partial charge in [0.05, 0.1) is 11.1 Å². The first-order valence-corrected chi connectivity index (χ1v) is 7.29. The molecule has 0 aliphatic carbocycles. The Bertz CT molecular complexity index is 858. The molecule has 2 rings (SSSR count). The second-order valence-electron chi connectivity index (χ2n) is 5.55. The molecule has 0 aromatic heterocycles. The lowest BCUT2D eigenvalue weighted by Gasteiger charge is -2.17. The fraction of sp³-hybridized carbons (Fsp3) is 0.176. The molecule has 0 saturated heterocycles. The van der Waals surface area contributed by atoms with E-state index in [2.05, 4.69) is 0 Å². The fourth-order valence-electron chi connectivity index (χ4n) is 2.24. The number of hydrogen-bond donors (Lipinski definition) is 0. The van der Waals surface area contributed by atoms with E-state index in [1.807, 2.05) is 0 Å². The van der Waals surface area contributed by atoms with Crippen LogP contribution < -0.4 is 0 Å². The summed E-state index contributed by atoms with van der Waals surface area (Å²) in [5.41, 5.74) is -4.48. The maximum absolute atomic E-state index is 13.6. The predicted octanol–water partition coefficient (Wildman–Crippen LogP) is 4.91. The molecule has 0 bridgehead atoms. The largest absolute Gasteiger partial charge is 0.419 e. The highest BCUT2D eigenvalue weighted by molar-refractivity contribution is 6.10. The Morgan fingerprint density at radius 1 is 0.714 bits per heavy atom. The van der Waals surface area contributed by atoms with Crippen LogP contribution in [0.1, 0.15) is 31.8 Å². The monoisotopic (exact) mass is 411 g/mol. The van der Waals surface area contributed by atoms with Gasteiger partial charge < -0.3 is 0 Å². The number of hydrogen-bond acceptors (Lipinski definition) is 2. The Morgan fingerprint density at radius 3 is 1.29 bits per heavy atom. The number of carbonyl (C=O) groups is 2. The summed E-state index contributed by atoms with van der Waals surface area (Å²) in [7, 11) is 0.857. The average Bonchev–Trinajstić information content (AvgIpc) is 2.57. The summed E-state index contributed by atoms with van der Waals surface area (Å²) in [6.07, 6.45) is -9.99. The molecule has 0 spiro atoms. The van der Waals surface area contributed by atoms with Crippen LogP contribution in [0.3, 0.4) is 0 Å². The lowest BCUT2D eigenvalue weighted by molar-refractivity contribution is -0.140. The quantitative estimate of drug-likeness (QED) is 0.520. The molecule has 0 unspecified atom stereocenters. The van der Waals surface area contributed by atoms with Gasteiger partial charge in [-0.15, -0.1) is 0 Å². The predicted molar refractivity (Wildman–Crippen MR) is 79.2 cm³/mol. The molecule has 0 heterocycles. The number of nitrogens with zero attached hydrogens (tertiary/aromatic N) is 1. The lowest BCUT2D eigenvalue weighted by atomic mass is 10.1. The molecule has 11 heteroatoms. The topological polar surface area (TPSA) is 37.4 Å². The van der Waals surface area contributed by atoms with Gasteiger partial charge in [-0.2, -0.15) is 26.3 Å². The summed E-state index contributed by atoms with van der Waals surface area (Å²) in [5, 5.41) is 0. The van der Waals surface area contributed by atoms with Gasteiger partial charge in [0.15, 0.2) is 0 Å². The highest BCUT2D eigenvalue weighted by Gasteiger charge is 2.36. The highest BCUT2D eigenvalue weighted by atomic mass is 19.4. The zero-order valence-corrected chi connectivity index (χ0v) is 13.8. The number of amides is 2. The summed E-state index contributed by atoms with van der Waals surface area (Å²) >= 11 is 0. The van der Waals surface area contributed by atoms with E-state index in [9.17, 15) is 44.7 Å². The second kappa shape index (κ2) is 7.21. The van der Waals surface area contributed by atoms with Crippen LogP contribution in [0, 0.1) is 11.6 Å². The highest BCUT2D eigenvalue weighted by Crippen LogP contribution is 2.33. The van der Waals surface area contributed by atoms with E-state index in [0.29, 0.717) is 29.2 Å². The van der Waals surface area contributed by atoms with E-state index in [1.54, 1.807) is 0 Å². The summed E-state index contributed by atoms with van der Waals surface area (Å²) in [6.45, 7) is 0. The minimum atomic E-state index is -4.99. The molecule has 150 valence electrons. The third-order valence-corrected chi connectivity index (χ3v) is 3.65. The maximum Gasteiger partial charge on any atom is 0.419 e. The van der Waals surface area contributed by atoms with Crippen LogP contribution in [0.25, 0.3) is 0 Å². The molecule has 0 N–H and O–H groups in total. The lowest BCUT2D eigenvalue weighted by Crippen LogP contribution is -2.33. The van der Waals surface area contributed by atoms with Crippen molar-refractivity contribution in [1.82, 2.24) is 4.90 Å². The van der Waals surface area contributed by atoms with Gasteiger partial charge in [0.2, 0.25) is 0 Å². The molecular weight excluding hydrogens is 402 g/mol. The number of rotatable bonds is 2. The molecule has 0 saturated carbocycles. The Balaban J connectivity index is 2.29. The number of imide groups is 1. The zero-order chi connectivity index (χ0) is 21.4. The van der Waals surface area contributed by atoms with Gasteiger partial charge in [-0.1, -0.05) is 0 Å². The van der Waals surface area contributed by atoms with Crippen LogP contribution in [-0.4, -0.2) is 23.8 Å². The smallest absolute Gasteiger partial charge is 0.278 e. The Hall–Kier alpha value is -2.98. The van der Waals surface area contributed by atoms with Gasteiger partial charge in [0.25, 0.3) is 11.8 Å². The van der Waals surface area contributed by atoms with Crippen molar-refractivity contribution in [2.24, 2.45) is 0 Å².